The summed E-state index contributed by atoms with van der Waals surface area (Å²) in [6, 6.07) is -0.531. The van der Waals surface area contributed by atoms with Crippen LogP contribution in [0.15, 0.2) is 23.3 Å². The van der Waals surface area contributed by atoms with Gasteiger partial charge in [0.1, 0.15) is 6.61 Å². The molecule has 0 spiro atoms. The number of carbonyl (C=O) groups excluding carboxylic acids is 2. The highest BCUT2D eigenvalue weighted by Gasteiger charge is 2.51. The maximum absolute atomic E-state index is 12.9. The van der Waals surface area contributed by atoms with E-state index >= 15 is 0 Å². The Bertz CT molecular complexity index is 652. The monoisotopic (exact) mass is 351 g/mol. The number of esters is 2. The van der Waals surface area contributed by atoms with Gasteiger partial charge in [0.2, 0.25) is 0 Å². The van der Waals surface area contributed by atoms with Crippen LogP contribution in [0.5, 0.6) is 0 Å². The molecule has 7 heteroatoms. The van der Waals surface area contributed by atoms with Gasteiger partial charge >= 0.3 is 11.9 Å². The molecular formula is C18H25NO6. The number of rotatable bonds is 0. The van der Waals surface area contributed by atoms with Crippen molar-refractivity contribution in [3.63, 3.8) is 0 Å². The lowest BCUT2D eigenvalue weighted by Crippen LogP contribution is -2.49. The molecule has 138 valence electrons. The van der Waals surface area contributed by atoms with Crippen LogP contribution in [0.1, 0.15) is 33.6 Å². The zero-order chi connectivity index (χ0) is 18.4. The molecule has 1 N–H and O–H groups in total. The average molecular weight is 351 g/mol. The number of hydroxylamine groups is 3. The highest BCUT2D eigenvalue weighted by atomic mass is 16.6. The molecule has 0 aliphatic carbocycles. The third-order valence-corrected chi connectivity index (χ3v) is 5.83. The van der Waals surface area contributed by atoms with E-state index in [-0.39, 0.29) is 19.6 Å². The van der Waals surface area contributed by atoms with Gasteiger partial charge in [0.25, 0.3) is 0 Å². The number of hydrogen-bond donors (Lipinski definition) is 1. The van der Waals surface area contributed by atoms with E-state index in [2.05, 4.69) is 0 Å². The van der Waals surface area contributed by atoms with Crippen LogP contribution in [0.2, 0.25) is 0 Å². The summed E-state index contributed by atoms with van der Waals surface area (Å²) < 4.78 is 10.5. The van der Waals surface area contributed by atoms with Crippen LogP contribution < -0.4 is 0 Å². The summed E-state index contributed by atoms with van der Waals surface area (Å²) in [4.78, 5) is 24.9. The number of ether oxygens (including phenoxy) is 2. The summed E-state index contributed by atoms with van der Waals surface area (Å²) >= 11 is 0. The highest BCUT2D eigenvalue weighted by Crippen LogP contribution is 2.39. The standard InChI is InChI=1S/C18H25NO6/c1-4-12-9-11(2)18(3,22)17(21)24-10-13-5-7-19(23)8-6-14(15(13)19)25-16(12)20/h4-5,11,14-15,22H,6-10H2,1-3H3/b12-4-/t11-,14-,15-,18-,19+/m1/s1. The first kappa shape index (κ1) is 18.1. The van der Waals surface area contributed by atoms with Crippen LogP contribution in [0, 0.1) is 11.1 Å². The average Bonchev–Trinajstić information content (AvgIpc) is 3.05. The molecule has 7 nitrogen and oxygen atoms in total. The Kier molecular flexibility index (Phi) is 4.51. The minimum atomic E-state index is -1.73. The maximum atomic E-state index is 12.9. The molecule has 0 unspecified atom stereocenters. The smallest absolute Gasteiger partial charge is 0.338 e. The summed E-state index contributed by atoms with van der Waals surface area (Å²) in [6.45, 7) is 5.39. The zero-order valence-corrected chi connectivity index (χ0v) is 14.9. The molecule has 0 aromatic rings. The molecule has 5 atom stereocenters. The molecule has 0 aromatic carbocycles. The fraction of sp³-hybridized carbons (Fsp3) is 0.667. The topological polar surface area (TPSA) is 95.9 Å². The zero-order valence-electron chi connectivity index (χ0n) is 14.9. The lowest BCUT2D eigenvalue weighted by atomic mass is 9.85. The Morgan fingerprint density at radius 1 is 1.44 bits per heavy atom. The summed E-state index contributed by atoms with van der Waals surface area (Å²) in [7, 11) is 0. The van der Waals surface area contributed by atoms with Crippen LogP contribution in [-0.2, 0) is 19.1 Å². The third kappa shape index (κ3) is 3.01. The van der Waals surface area contributed by atoms with E-state index in [0.29, 0.717) is 24.1 Å². The van der Waals surface area contributed by atoms with E-state index in [4.69, 9.17) is 9.47 Å². The molecule has 25 heavy (non-hydrogen) atoms. The molecule has 3 aliphatic heterocycles. The van der Waals surface area contributed by atoms with Crippen LogP contribution in [0.25, 0.3) is 0 Å². The normalized spacial score (nSPS) is 43.6. The fourth-order valence-corrected chi connectivity index (χ4v) is 3.91. The summed E-state index contributed by atoms with van der Waals surface area (Å²) in [5.74, 6) is -1.75. The van der Waals surface area contributed by atoms with Gasteiger partial charge in [-0.3, -0.25) is 0 Å². The number of carbonyl (C=O) groups is 2. The molecular weight excluding hydrogens is 326 g/mol. The van der Waals surface area contributed by atoms with E-state index < -0.39 is 40.2 Å². The molecule has 3 aliphatic rings. The number of cyclic esters (lactones) is 1. The van der Waals surface area contributed by atoms with Crippen molar-refractivity contribution in [3.05, 3.63) is 28.5 Å². The van der Waals surface area contributed by atoms with E-state index in [1.54, 1.807) is 26.0 Å². The Hall–Kier alpha value is -1.70. The summed E-state index contributed by atoms with van der Waals surface area (Å²) in [6.07, 6.45) is 3.57. The van der Waals surface area contributed by atoms with Crippen LogP contribution >= 0.6 is 0 Å². The molecule has 0 saturated carbocycles. The Morgan fingerprint density at radius 2 is 2.16 bits per heavy atom. The predicted molar refractivity (Wildman–Crippen MR) is 88.9 cm³/mol. The van der Waals surface area contributed by atoms with Gasteiger partial charge in [-0.2, -0.15) is 0 Å². The molecule has 2 saturated heterocycles. The van der Waals surface area contributed by atoms with E-state index in [1.807, 2.05) is 0 Å². The first-order chi connectivity index (χ1) is 11.7. The SMILES string of the molecule is C/C=C1/C[C@@H](C)[C@@](C)(O)C(=O)OCC2=CC[N@+]3([O-])CC[C@@H](OC1=O)[C@@H]23. The summed E-state index contributed by atoms with van der Waals surface area (Å²) in [5, 5.41) is 23.5. The molecule has 2 fully saturated rings. The second-order valence-corrected chi connectivity index (χ2v) is 7.46. The second-order valence-electron chi connectivity index (χ2n) is 7.46. The van der Waals surface area contributed by atoms with Gasteiger partial charge in [0.15, 0.2) is 17.7 Å². The van der Waals surface area contributed by atoms with Crippen molar-refractivity contribution in [1.82, 2.24) is 0 Å². The predicted octanol–water partition coefficient (Wildman–Crippen LogP) is 1.21. The van der Waals surface area contributed by atoms with Crippen molar-refractivity contribution in [2.75, 3.05) is 19.7 Å². The van der Waals surface area contributed by atoms with Crippen LogP contribution in [0.3, 0.4) is 0 Å². The number of nitrogens with zero attached hydrogens (tertiary/aromatic N) is 1. The number of aliphatic hydroxyl groups is 1. The van der Waals surface area contributed by atoms with Crippen molar-refractivity contribution >= 4 is 11.9 Å². The van der Waals surface area contributed by atoms with Crippen LogP contribution in [-0.4, -0.2) is 59.1 Å². The van der Waals surface area contributed by atoms with Crippen molar-refractivity contribution in [1.29, 1.82) is 0 Å². The molecule has 0 radical (unpaired) electrons. The first-order valence-corrected chi connectivity index (χ1v) is 8.71. The molecule has 0 bridgehead atoms. The third-order valence-electron chi connectivity index (χ3n) is 5.83. The van der Waals surface area contributed by atoms with Crippen molar-refractivity contribution in [2.24, 2.45) is 5.92 Å². The minimum Gasteiger partial charge on any atom is -0.632 e. The van der Waals surface area contributed by atoms with E-state index in [9.17, 15) is 19.9 Å². The number of hydrogen-bond acceptors (Lipinski definition) is 6. The molecule has 3 rings (SSSR count). The molecule has 3 heterocycles. The maximum Gasteiger partial charge on any atom is 0.338 e. The molecule has 0 amide bonds. The van der Waals surface area contributed by atoms with Gasteiger partial charge in [-0.05, 0) is 32.3 Å². The van der Waals surface area contributed by atoms with Gasteiger partial charge in [0, 0.05) is 17.6 Å². The minimum absolute atomic E-state index is 0.0564. The van der Waals surface area contributed by atoms with Gasteiger partial charge in [0.05, 0.1) is 13.1 Å². The van der Waals surface area contributed by atoms with Gasteiger partial charge in [-0.1, -0.05) is 13.0 Å². The lowest BCUT2D eigenvalue weighted by molar-refractivity contribution is -0.877. The van der Waals surface area contributed by atoms with Gasteiger partial charge in [-0.25, -0.2) is 9.59 Å². The second kappa shape index (κ2) is 6.23. The van der Waals surface area contributed by atoms with Crippen molar-refractivity contribution in [2.45, 2.75) is 51.4 Å². The number of allylic oxidation sites excluding steroid dienone is 1. The Labute approximate surface area is 147 Å². The summed E-state index contributed by atoms with van der Waals surface area (Å²) in [5.41, 5.74) is -0.670. The van der Waals surface area contributed by atoms with Gasteiger partial charge in [-0.15, -0.1) is 0 Å². The van der Waals surface area contributed by atoms with E-state index in [0.717, 1.165) is 0 Å². The first-order valence-electron chi connectivity index (χ1n) is 8.71. The van der Waals surface area contributed by atoms with Crippen molar-refractivity contribution in [3.8, 4) is 0 Å². The quantitative estimate of drug-likeness (QED) is 0.232. The van der Waals surface area contributed by atoms with Gasteiger partial charge < -0.3 is 24.4 Å². The Morgan fingerprint density at radius 3 is 2.84 bits per heavy atom. The van der Waals surface area contributed by atoms with Crippen LogP contribution in [0.4, 0.5) is 0 Å². The molecule has 0 aromatic heterocycles. The fourth-order valence-electron chi connectivity index (χ4n) is 3.91. The number of quaternary nitrogens is 1. The Balaban J connectivity index is 1.94. The largest absolute Gasteiger partial charge is 0.632 e. The van der Waals surface area contributed by atoms with E-state index in [1.165, 1.54) is 6.92 Å². The lowest BCUT2D eigenvalue weighted by Gasteiger charge is -2.41. The van der Waals surface area contributed by atoms with Crippen molar-refractivity contribution < 1.29 is 28.8 Å². The highest BCUT2D eigenvalue weighted by molar-refractivity contribution is 5.89.